The van der Waals surface area contributed by atoms with Crippen LogP contribution in [0.25, 0.3) is 11.1 Å². The molecule has 0 heterocycles. The number of hydrogen-bond donors (Lipinski definition) is 1. The van der Waals surface area contributed by atoms with Gasteiger partial charge in [0.25, 0.3) is 0 Å². The molecule has 104 valence electrons. The van der Waals surface area contributed by atoms with E-state index in [0.717, 1.165) is 12.1 Å². The molecule has 0 atom stereocenters. The van der Waals surface area contributed by atoms with Crippen molar-refractivity contribution in [1.29, 1.82) is 0 Å². The van der Waals surface area contributed by atoms with Crippen molar-refractivity contribution in [3.8, 4) is 11.1 Å². The second-order valence-corrected chi connectivity index (χ2v) is 5.41. The lowest BCUT2D eigenvalue weighted by Gasteiger charge is -2.08. The summed E-state index contributed by atoms with van der Waals surface area (Å²) in [5.41, 5.74) is 2.51. The van der Waals surface area contributed by atoms with E-state index in [1.165, 1.54) is 12.8 Å². The van der Waals surface area contributed by atoms with Crippen molar-refractivity contribution in [2.75, 3.05) is 0 Å². The maximum Gasteiger partial charge on any atom is 0.166 e. The number of nitrogens with one attached hydrogen (secondary N) is 1. The van der Waals surface area contributed by atoms with E-state index in [1.807, 2.05) is 24.3 Å². The molecule has 1 saturated carbocycles. The molecule has 1 N–H and O–H groups in total. The van der Waals surface area contributed by atoms with Gasteiger partial charge in [-0.1, -0.05) is 36.4 Å². The van der Waals surface area contributed by atoms with Crippen molar-refractivity contribution < 1.29 is 8.78 Å². The van der Waals surface area contributed by atoms with Gasteiger partial charge >= 0.3 is 0 Å². The summed E-state index contributed by atoms with van der Waals surface area (Å²) in [5.74, 6) is -1.53. The van der Waals surface area contributed by atoms with E-state index in [1.54, 1.807) is 19.1 Å². The minimum Gasteiger partial charge on any atom is -0.310 e. The molecule has 0 aromatic heterocycles. The van der Waals surface area contributed by atoms with Gasteiger partial charge in [0.1, 0.15) is 0 Å². The first-order valence-electron chi connectivity index (χ1n) is 6.92. The van der Waals surface area contributed by atoms with Gasteiger partial charge in [0.2, 0.25) is 0 Å². The molecule has 1 aliphatic rings. The molecule has 2 aromatic rings. The third-order valence-electron chi connectivity index (χ3n) is 3.71. The van der Waals surface area contributed by atoms with Crippen LogP contribution in [0.4, 0.5) is 8.78 Å². The van der Waals surface area contributed by atoms with E-state index in [2.05, 4.69) is 5.32 Å². The highest BCUT2D eigenvalue weighted by atomic mass is 19.2. The van der Waals surface area contributed by atoms with Crippen LogP contribution in [0, 0.1) is 18.6 Å². The van der Waals surface area contributed by atoms with Crippen LogP contribution in [0.2, 0.25) is 0 Å². The van der Waals surface area contributed by atoms with E-state index in [-0.39, 0.29) is 0 Å². The van der Waals surface area contributed by atoms with Gasteiger partial charge in [-0.2, -0.15) is 0 Å². The van der Waals surface area contributed by atoms with Crippen LogP contribution >= 0.6 is 0 Å². The van der Waals surface area contributed by atoms with Crippen molar-refractivity contribution in [3.05, 3.63) is 59.2 Å². The van der Waals surface area contributed by atoms with Gasteiger partial charge in [-0.05, 0) is 36.5 Å². The molecule has 0 radical (unpaired) electrons. The summed E-state index contributed by atoms with van der Waals surface area (Å²) in [7, 11) is 0. The van der Waals surface area contributed by atoms with Gasteiger partial charge in [0.05, 0.1) is 0 Å². The number of aryl methyl sites for hydroxylation is 1. The molecule has 0 unspecified atom stereocenters. The highest BCUT2D eigenvalue weighted by Crippen LogP contribution is 2.26. The summed E-state index contributed by atoms with van der Waals surface area (Å²) >= 11 is 0. The first-order valence-corrected chi connectivity index (χ1v) is 6.92. The Balaban J connectivity index is 1.81. The van der Waals surface area contributed by atoms with Crippen LogP contribution in [0.1, 0.15) is 24.0 Å². The first-order chi connectivity index (χ1) is 9.65. The predicted octanol–water partition coefficient (Wildman–Crippen LogP) is 4.19. The van der Waals surface area contributed by atoms with Gasteiger partial charge in [0.15, 0.2) is 11.6 Å². The third kappa shape index (κ3) is 2.73. The van der Waals surface area contributed by atoms with Crippen molar-refractivity contribution >= 4 is 0 Å². The van der Waals surface area contributed by atoms with Crippen LogP contribution in [0.15, 0.2) is 36.4 Å². The maximum atomic E-state index is 13.9. The highest BCUT2D eigenvalue weighted by Gasteiger charge is 2.19. The minimum atomic E-state index is -0.770. The van der Waals surface area contributed by atoms with E-state index in [0.29, 0.717) is 22.7 Å². The molecule has 1 nitrogen and oxygen atoms in total. The van der Waals surface area contributed by atoms with Crippen molar-refractivity contribution in [2.45, 2.75) is 32.4 Å². The lowest BCUT2D eigenvalue weighted by Crippen LogP contribution is -2.15. The molecule has 0 aliphatic heterocycles. The smallest absolute Gasteiger partial charge is 0.166 e. The molecule has 0 saturated heterocycles. The molecule has 0 spiro atoms. The van der Waals surface area contributed by atoms with E-state index < -0.39 is 11.6 Å². The number of rotatable bonds is 4. The van der Waals surface area contributed by atoms with Gasteiger partial charge in [0, 0.05) is 18.2 Å². The van der Waals surface area contributed by atoms with E-state index in [9.17, 15) is 8.78 Å². The monoisotopic (exact) mass is 273 g/mol. The SMILES string of the molecule is Cc1ccc(-c2ccc(CNC3CC3)cc2)c(F)c1F. The Kier molecular flexibility index (Phi) is 3.53. The first kappa shape index (κ1) is 13.3. The van der Waals surface area contributed by atoms with Gasteiger partial charge < -0.3 is 5.32 Å². The van der Waals surface area contributed by atoms with Crippen LogP contribution in [-0.4, -0.2) is 6.04 Å². The zero-order valence-electron chi connectivity index (χ0n) is 11.4. The fourth-order valence-electron chi connectivity index (χ4n) is 2.22. The summed E-state index contributed by atoms with van der Waals surface area (Å²) < 4.78 is 27.5. The van der Waals surface area contributed by atoms with E-state index >= 15 is 0 Å². The van der Waals surface area contributed by atoms with Crippen molar-refractivity contribution in [1.82, 2.24) is 5.32 Å². The van der Waals surface area contributed by atoms with Crippen LogP contribution < -0.4 is 5.32 Å². The average Bonchev–Trinajstić information content (AvgIpc) is 3.28. The van der Waals surface area contributed by atoms with Crippen molar-refractivity contribution in [2.24, 2.45) is 0 Å². The molecule has 1 aliphatic carbocycles. The lowest BCUT2D eigenvalue weighted by molar-refractivity contribution is 0.505. The molecule has 0 bridgehead atoms. The zero-order valence-corrected chi connectivity index (χ0v) is 11.4. The Bertz CT molecular complexity index is 616. The summed E-state index contributed by atoms with van der Waals surface area (Å²) in [5, 5.41) is 3.43. The summed E-state index contributed by atoms with van der Waals surface area (Å²) in [6, 6.07) is 11.5. The largest absolute Gasteiger partial charge is 0.310 e. The molecule has 20 heavy (non-hydrogen) atoms. The molecular weight excluding hydrogens is 256 g/mol. The van der Waals surface area contributed by atoms with Crippen LogP contribution in [0.5, 0.6) is 0 Å². The van der Waals surface area contributed by atoms with Gasteiger partial charge in [-0.3, -0.25) is 0 Å². The van der Waals surface area contributed by atoms with Crippen LogP contribution in [0.3, 0.4) is 0 Å². The summed E-state index contributed by atoms with van der Waals surface area (Å²) in [6.45, 7) is 2.39. The molecule has 3 rings (SSSR count). The maximum absolute atomic E-state index is 13.9. The quantitative estimate of drug-likeness (QED) is 0.880. The Hall–Kier alpha value is -1.74. The molecule has 1 fully saturated rings. The fourth-order valence-corrected chi connectivity index (χ4v) is 2.22. The summed E-state index contributed by atoms with van der Waals surface area (Å²) in [6.07, 6.45) is 2.51. The van der Waals surface area contributed by atoms with Gasteiger partial charge in [-0.25, -0.2) is 8.78 Å². The predicted molar refractivity (Wildman–Crippen MR) is 76.4 cm³/mol. The Morgan fingerprint density at radius 1 is 1.00 bits per heavy atom. The Labute approximate surface area is 117 Å². The van der Waals surface area contributed by atoms with Crippen molar-refractivity contribution in [3.63, 3.8) is 0 Å². The third-order valence-corrected chi connectivity index (χ3v) is 3.71. The standard InChI is InChI=1S/C17H17F2N/c1-11-2-9-15(17(19)16(11)18)13-5-3-12(4-6-13)10-20-14-7-8-14/h2-6,9,14,20H,7-8,10H2,1H3. The number of hydrogen-bond acceptors (Lipinski definition) is 1. The Morgan fingerprint density at radius 3 is 2.35 bits per heavy atom. The highest BCUT2D eigenvalue weighted by molar-refractivity contribution is 5.65. The molecule has 3 heteroatoms. The normalized spacial score (nSPS) is 14.6. The number of halogens is 2. The second-order valence-electron chi connectivity index (χ2n) is 5.41. The zero-order chi connectivity index (χ0) is 14.1. The molecule has 0 amide bonds. The molecular formula is C17H17F2N. The average molecular weight is 273 g/mol. The topological polar surface area (TPSA) is 12.0 Å². The Morgan fingerprint density at radius 2 is 1.70 bits per heavy atom. The molecule has 2 aromatic carbocycles. The van der Waals surface area contributed by atoms with Gasteiger partial charge in [-0.15, -0.1) is 0 Å². The minimum absolute atomic E-state index is 0.315. The fraction of sp³-hybridized carbons (Fsp3) is 0.294. The summed E-state index contributed by atoms with van der Waals surface area (Å²) in [4.78, 5) is 0. The van der Waals surface area contributed by atoms with Crippen LogP contribution in [-0.2, 0) is 6.54 Å². The lowest BCUT2D eigenvalue weighted by atomic mass is 10.0. The second kappa shape index (κ2) is 5.33. The van der Waals surface area contributed by atoms with E-state index in [4.69, 9.17) is 0 Å². The number of benzene rings is 2.